The average Bonchev–Trinajstić information content (AvgIpc) is 2.27. The van der Waals surface area contributed by atoms with Gasteiger partial charge in [-0.1, -0.05) is 6.92 Å². The van der Waals surface area contributed by atoms with Crippen LogP contribution in [-0.4, -0.2) is 50.7 Å². The molecule has 0 aromatic rings. The van der Waals surface area contributed by atoms with Gasteiger partial charge in [-0.2, -0.15) is 0 Å². The van der Waals surface area contributed by atoms with Crippen molar-refractivity contribution in [3.63, 3.8) is 0 Å². The number of piperidine rings is 1. The Bertz CT molecular complexity index is 311. The molecule has 1 heterocycles. The second-order valence-electron chi connectivity index (χ2n) is 4.50. The van der Waals surface area contributed by atoms with Crippen molar-refractivity contribution in [3.8, 4) is 0 Å². The number of carboxylic acid groups (broad SMARTS) is 1. The van der Waals surface area contributed by atoms with Gasteiger partial charge in [0.25, 0.3) is 0 Å². The van der Waals surface area contributed by atoms with E-state index < -0.39 is 16.8 Å². The number of hydrogen-bond donors (Lipinski definition) is 1. The van der Waals surface area contributed by atoms with Gasteiger partial charge >= 0.3 is 5.97 Å². The third-order valence-electron chi connectivity index (χ3n) is 2.96. The molecule has 98 valence electrons. The largest absolute Gasteiger partial charge is 0.481 e. The molecule has 0 aliphatic carbocycles. The summed E-state index contributed by atoms with van der Waals surface area (Å²) < 4.78 is 11.5. The van der Waals surface area contributed by atoms with Gasteiger partial charge in [-0.3, -0.25) is 13.8 Å². The van der Waals surface area contributed by atoms with Crippen LogP contribution in [0.2, 0.25) is 0 Å². The number of nitrogens with zero attached hydrogens (tertiary/aromatic N) is 1. The minimum absolute atomic E-state index is 0.0400. The normalized spacial score (nSPS) is 19.0. The van der Waals surface area contributed by atoms with Crippen LogP contribution in [0.25, 0.3) is 0 Å². The van der Waals surface area contributed by atoms with Gasteiger partial charge in [-0.15, -0.1) is 0 Å². The van der Waals surface area contributed by atoms with Gasteiger partial charge in [0.05, 0.1) is 6.42 Å². The van der Waals surface area contributed by atoms with Crippen LogP contribution in [-0.2, 0) is 20.4 Å². The van der Waals surface area contributed by atoms with E-state index in [1.54, 1.807) is 4.90 Å². The van der Waals surface area contributed by atoms with Gasteiger partial charge in [0, 0.05) is 29.6 Å². The number of likely N-dealkylation sites (tertiary alicyclic amines) is 1. The van der Waals surface area contributed by atoms with Crippen LogP contribution in [0.4, 0.5) is 0 Å². The van der Waals surface area contributed by atoms with E-state index in [-0.39, 0.29) is 23.8 Å². The first kappa shape index (κ1) is 14.2. The Morgan fingerprint density at radius 3 is 2.47 bits per heavy atom. The zero-order chi connectivity index (χ0) is 12.8. The average molecular weight is 261 g/mol. The number of carbonyl (C=O) groups excluding carboxylic acids is 1. The zero-order valence-electron chi connectivity index (χ0n) is 10.1. The predicted octanol–water partition coefficient (Wildman–Crippen LogP) is 0.468. The smallest absolute Gasteiger partial charge is 0.304 e. The first-order chi connectivity index (χ1) is 7.99. The van der Waals surface area contributed by atoms with Gasteiger partial charge in [0.15, 0.2) is 0 Å². The maximum Gasteiger partial charge on any atom is 0.304 e. The number of carbonyl (C=O) groups is 2. The van der Waals surface area contributed by atoms with E-state index >= 15 is 0 Å². The molecule has 1 saturated heterocycles. The van der Waals surface area contributed by atoms with Crippen LogP contribution in [0, 0.1) is 5.92 Å². The summed E-state index contributed by atoms with van der Waals surface area (Å²) in [6.45, 7) is 3.62. The van der Waals surface area contributed by atoms with E-state index in [0.717, 1.165) is 25.9 Å². The molecule has 1 aliphatic heterocycles. The lowest BCUT2D eigenvalue weighted by atomic mass is 9.99. The second kappa shape index (κ2) is 6.74. The topological polar surface area (TPSA) is 74.7 Å². The van der Waals surface area contributed by atoms with Gasteiger partial charge in [-0.05, 0) is 18.8 Å². The predicted molar refractivity (Wildman–Crippen MR) is 65.1 cm³/mol. The third-order valence-corrected chi connectivity index (χ3v) is 4.19. The first-order valence-corrected chi connectivity index (χ1v) is 7.32. The summed E-state index contributed by atoms with van der Waals surface area (Å²) in [4.78, 5) is 23.8. The second-order valence-corrected chi connectivity index (χ2v) is 6.07. The lowest BCUT2D eigenvalue weighted by Gasteiger charge is -2.30. The van der Waals surface area contributed by atoms with Gasteiger partial charge in [0.1, 0.15) is 5.75 Å². The lowest BCUT2D eigenvalue weighted by molar-refractivity contribution is -0.136. The summed E-state index contributed by atoms with van der Waals surface area (Å²) in [5, 5.41) is 8.44. The number of rotatable bonds is 5. The van der Waals surface area contributed by atoms with E-state index in [9.17, 15) is 13.8 Å². The maximum absolute atomic E-state index is 11.7. The van der Waals surface area contributed by atoms with E-state index in [1.165, 1.54) is 0 Å². The van der Waals surface area contributed by atoms with Crippen molar-refractivity contribution in [1.29, 1.82) is 0 Å². The van der Waals surface area contributed by atoms with Crippen molar-refractivity contribution in [2.24, 2.45) is 5.92 Å². The molecule has 0 radical (unpaired) electrons. The van der Waals surface area contributed by atoms with Crippen molar-refractivity contribution in [1.82, 2.24) is 4.90 Å². The van der Waals surface area contributed by atoms with Gasteiger partial charge < -0.3 is 10.0 Å². The molecule has 1 N–H and O–H groups in total. The van der Waals surface area contributed by atoms with Crippen LogP contribution in [0.3, 0.4) is 0 Å². The summed E-state index contributed by atoms with van der Waals surface area (Å²) in [7, 11) is -1.35. The van der Waals surface area contributed by atoms with Crippen molar-refractivity contribution < 1.29 is 18.9 Å². The molecule has 0 saturated carbocycles. The third kappa shape index (κ3) is 5.30. The summed E-state index contributed by atoms with van der Waals surface area (Å²) in [5.74, 6) is -0.415. The molecule has 1 amide bonds. The quantitative estimate of drug-likeness (QED) is 0.780. The molecule has 17 heavy (non-hydrogen) atoms. The highest BCUT2D eigenvalue weighted by atomic mass is 32.2. The summed E-state index contributed by atoms with van der Waals surface area (Å²) in [5.41, 5.74) is 0. The van der Waals surface area contributed by atoms with Crippen LogP contribution in [0.1, 0.15) is 26.2 Å². The molecule has 0 spiro atoms. The summed E-state index contributed by atoms with van der Waals surface area (Å²) >= 11 is 0. The lowest BCUT2D eigenvalue weighted by Crippen LogP contribution is -2.40. The minimum Gasteiger partial charge on any atom is -0.481 e. The molecule has 0 aromatic heterocycles. The Balaban J connectivity index is 2.28. The molecule has 1 aliphatic rings. The molecular formula is C11H19NO4S. The van der Waals surface area contributed by atoms with Crippen molar-refractivity contribution in [2.45, 2.75) is 26.2 Å². The Kier molecular flexibility index (Phi) is 5.61. The number of carboxylic acids is 1. The molecule has 0 aromatic carbocycles. The van der Waals surface area contributed by atoms with E-state index in [4.69, 9.17) is 5.11 Å². The molecule has 0 bridgehead atoms. The Labute approximate surface area is 104 Å². The highest BCUT2D eigenvalue weighted by Gasteiger charge is 2.21. The fourth-order valence-corrected chi connectivity index (χ4v) is 2.76. The Morgan fingerprint density at radius 1 is 1.35 bits per heavy atom. The molecule has 1 unspecified atom stereocenters. The van der Waals surface area contributed by atoms with E-state index in [2.05, 4.69) is 6.92 Å². The minimum atomic E-state index is -1.35. The Morgan fingerprint density at radius 2 is 1.94 bits per heavy atom. The fourth-order valence-electron chi connectivity index (χ4n) is 1.76. The first-order valence-electron chi connectivity index (χ1n) is 5.83. The van der Waals surface area contributed by atoms with Crippen LogP contribution >= 0.6 is 0 Å². The van der Waals surface area contributed by atoms with Crippen molar-refractivity contribution in [3.05, 3.63) is 0 Å². The summed E-state index contributed by atoms with van der Waals surface area (Å²) in [6, 6.07) is 0. The molecule has 1 rings (SSSR count). The highest BCUT2D eigenvalue weighted by molar-refractivity contribution is 7.85. The van der Waals surface area contributed by atoms with Gasteiger partial charge in [0.2, 0.25) is 5.91 Å². The standard InChI is InChI=1S/C11H19NO4S/c1-9-2-5-12(6-3-9)10(13)8-17(16)7-4-11(14)15/h9H,2-8H2,1H3,(H,14,15). The molecule has 1 fully saturated rings. The number of hydrogen-bond acceptors (Lipinski definition) is 3. The Hall–Kier alpha value is -0.910. The van der Waals surface area contributed by atoms with Crippen molar-refractivity contribution in [2.75, 3.05) is 24.6 Å². The monoisotopic (exact) mass is 261 g/mol. The maximum atomic E-state index is 11.7. The molecular weight excluding hydrogens is 242 g/mol. The zero-order valence-corrected chi connectivity index (χ0v) is 10.9. The van der Waals surface area contributed by atoms with Crippen molar-refractivity contribution >= 4 is 22.7 Å². The van der Waals surface area contributed by atoms with E-state index in [1.807, 2.05) is 0 Å². The summed E-state index contributed by atoms with van der Waals surface area (Å²) in [6.07, 6.45) is 1.85. The van der Waals surface area contributed by atoms with Crippen LogP contribution < -0.4 is 0 Å². The highest BCUT2D eigenvalue weighted by Crippen LogP contribution is 2.16. The van der Waals surface area contributed by atoms with Crippen LogP contribution in [0.15, 0.2) is 0 Å². The molecule has 5 nitrogen and oxygen atoms in total. The molecule has 1 atom stereocenters. The van der Waals surface area contributed by atoms with E-state index in [0.29, 0.717) is 5.92 Å². The fraction of sp³-hybridized carbons (Fsp3) is 0.818. The molecule has 6 heteroatoms. The SMILES string of the molecule is CC1CCN(C(=O)CS(=O)CCC(=O)O)CC1. The number of aliphatic carboxylic acids is 1. The number of amides is 1. The van der Waals surface area contributed by atoms with Crippen LogP contribution in [0.5, 0.6) is 0 Å². The van der Waals surface area contributed by atoms with Gasteiger partial charge in [-0.25, -0.2) is 0 Å².